The highest BCUT2D eigenvalue weighted by atomic mass is 32.1. The van der Waals surface area contributed by atoms with Crippen LogP contribution in [0.5, 0.6) is 0 Å². The van der Waals surface area contributed by atoms with Crippen molar-refractivity contribution >= 4 is 23.0 Å². The molecule has 0 radical (unpaired) electrons. The van der Waals surface area contributed by atoms with Gasteiger partial charge in [-0.2, -0.15) is 0 Å². The third-order valence-electron chi connectivity index (χ3n) is 1.75. The Morgan fingerprint density at radius 1 is 1.69 bits per heavy atom. The van der Waals surface area contributed by atoms with Crippen LogP contribution in [-0.4, -0.2) is 10.8 Å². The molecule has 0 aromatic rings. The van der Waals surface area contributed by atoms with Crippen molar-refractivity contribution < 1.29 is 4.79 Å². The Kier molecular flexibility index (Phi) is 3.83. The Labute approximate surface area is 83.7 Å². The summed E-state index contributed by atoms with van der Waals surface area (Å²) in [7, 11) is 0. The average molecular weight is 195 g/mol. The summed E-state index contributed by atoms with van der Waals surface area (Å²) in [5, 5.41) is 2.80. The van der Waals surface area contributed by atoms with E-state index in [1.807, 2.05) is 25.2 Å². The van der Waals surface area contributed by atoms with Crippen LogP contribution in [0.4, 0.5) is 0 Å². The summed E-state index contributed by atoms with van der Waals surface area (Å²) in [6.07, 6.45) is 7.92. The topological polar surface area (TPSA) is 29.1 Å². The van der Waals surface area contributed by atoms with Gasteiger partial charge in [0.2, 0.25) is 5.91 Å². The number of nitrogens with one attached hydrogen (secondary N) is 1. The average Bonchev–Trinajstić information content (AvgIpc) is 2.09. The highest BCUT2D eigenvalue weighted by Gasteiger charge is 2.08. The normalized spacial score (nSPS) is 15.5. The molecule has 0 heterocycles. The molecule has 1 aliphatic carbocycles. The van der Waals surface area contributed by atoms with E-state index in [4.69, 9.17) is 12.2 Å². The number of allylic oxidation sites excluding steroid dienone is 4. The van der Waals surface area contributed by atoms with Gasteiger partial charge in [0.15, 0.2) is 0 Å². The zero-order chi connectivity index (χ0) is 9.68. The predicted molar refractivity (Wildman–Crippen MR) is 57.5 cm³/mol. The first-order valence-corrected chi connectivity index (χ1v) is 4.84. The molecule has 13 heavy (non-hydrogen) atoms. The molecule has 70 valence electrons. The molecule has 0 fully saturated rings. The number of carbonyl (C=O) groups is 1. The van der Waals surface area contributed by atoms with Crippen LogP contribution in [0.15, 0.2) is 23.9 Å². The second kappa shape index (κ2) is 4.92. The molecule has 0 aromatic heterocycles. The van der Waals surface area contributed by atoms with Crippen LogP contribution in [0.25, 0.3) is 0 Å². The van der Waals surface area contributed by atoms with E-state index in [0.717, 1.165) is 23.4 Å². The molecule has 3 heteroatoms. The third kappa shape index (κ3) is 3.11. The van der Waals surface area contributed by atoms with Crippen LogP contribution in [0.1, 0.15) is 26.2 Å². The first-order chi connectivity index (χ1) is 6.24. The monoisotopic (exact) mass is 195 g/mol. The van der Waals surface area contributed by atoms with Gasteiger partial charge >= 0.3 is 0 Å². The lowest BCUT2D eigenvalue weighted by Crippen LogP contribution is -2.26. The molecule has 1 rings (SSSR count). The van der Waals surface area contributed by atoms with Crippen LogP contribution in [0.2, 0.25) is 0 Å². The molecule has 1 amide bonds. The van der Waals surface area contributed by atoms with Crippen molar-refractivity contribution in [1.29, 1.82) is 0 Å². The zero-order valence-electron chi connectivity index (χ0n) is 7.67. The van der Waals surface area contributed by atoms with E-state index >= 15 is 0 Å². The number of carbonyl (C=O) groups excluding carboxylic acids is 1. The highest BCUT2D eigenvalue weighted by Crippen LogP contribution is 2.07. The minimum absolute atomic E-state index is 0.0476. The maximum atomic E-state index is 11.2. The molecule has 0 aliphatic heterocycles. The molecule has 0 atom stereocenters. The second-order valence-corrected chi connectivity index (χ2v) is 3.43. The molecule has 0 unspecified atom stereocenters. The number of thiocarbonyl (C=S) groups is 1. The Balaban J connectivity index is 2.52. The van der Waals surface area contributed by atoms with E-state index in [2.05, 4.69) is 5.32 Å². The lowest BCUT2D eigenvalue weighted by atomic mass is 10.1. The number of rotatable bonds is 3. The van der Waals surface area contributed by atoms with Gasteiger partial charge in [0.1, 0.15) is 0 Å². The maximum absolute atomic E-state index is 11.2. The molecule has 0 aromatic carbocycles. The van der Waals surface area contributed by atoms with Crippen molar-refractivity contribution in [2.75, 3.05) is 0 Å². The van der Waals surface area contributed by atoms with Crippen LogP contribution in [0, 0.1) is 0 Å². The smallest absolute Gasteiger partial charge is 0.224 e. The SMILES string of the molecule is CCCC(=O)NC1=CC=CCC1=S. The van der Waals surface area contributed by atoms with Crippen molar-refractivity contribution in [2.24, 2.45) is 0 Å². The Morgan fingerprint density at radius 2 is 2.46 bits per heavy atom. The Hall–Kier alpha value is -0.960. The fourth-order valence-electron chi connectivity index (χ4n) is 1.09. The first-order valence-electron chi connectivity index (χ1n) is 4.44. The molecule has 2 nitrogen and oxygen atoms in total. The summed E-state index contributed by atoms with van der Waals surface area (Å²) < 4.78 is 0. The molecule has 1 N–H and O–H groups in total. The summed E-state index contributed by atoms with van der Waals surface area (Å²) in [6.45, 7) is 1.98. The summed E-state index contributed by atoms with van der Waals surface area (Å²) in [6, 6.07) is 0. The van der Waals surface area contributed by atoms with E-state index in [0.29, 0.717) is 6.42 Å². The standard InChI is InChI=1S/C10H13NOS/c1-2-5-10(12)11-8-6-3-4-7-9(8)13/h3-4,6H,2,5,7H2,1H3,(H,11,12). The van der Waals surface area contributed by atoms with Crippen LogP contribution < -0.4 is 5.32 Å². The van der Waals surface area contributed by atoms with Gasteiger partial charge < -0.3 is 5.32 Å². The molecule has 0 spiro atoms. The van der Waals surface area contributed by atoms with Crippen molar-refractivity contribution in [3.05, 3.63) is 23.9 Å². The highest BCUT2D eigenvalue weighted by molar-refractivity contribution is 7.80. The van der Waals surface area contributed by atoms with Crippen molar-refractivity contribution in [3.8, 4) is 0 Å². The van der Waals surface area contributed by atoms with Crippen molar-refractivity contribution in [1.82, 2.24) is 5.32 Å². The van der Waals surface area contributed by atoms with Gasteiger partial charge in [-0.25, -0.2) is 0 Å². The molecule has 0 bridgehead atoms. The largest absolute Gasteiger partial charge is 0.325 e. The Morgan fingerprint density at radius 3 is 3.08 bits per heavy atom. The number of hydrogen-bond donors (Lipinski definition) is 1. The minimum atomic E-state index is 0.0476. The van der Waals surface area contributed by atoms with E-state index in [1.165, 1.54) is 0 Å². The van der Waals surface area contributed by atoms with Crippen molar-refractivity contribution in [2.45, 2.75) is 26.2 Å². The maximum Gasteiger partial charge on any atom is 0.224 e. The van der Waals surface area contributed by atoms with Crippen LogP contribution in [0.3, 0.4) is 0 Å². The molecular weight excluding hydrogens is 182 g/mol. The summed E-state index contributed by atoms with van der Waals surface area (Å²) in [5.74, 6) is 0.0476. The van der Waals surface area contributed by atoms with Crippen LogP contribution in [-0.2, 0) is 4.79 Å². The lowest BCUT2D eigenvalue weighted by molar-refractivity contribution is -0.120. The fourth-order valence-corrected chi connectivity index (χ4v) is 1.31. The first kappa shape index (κ1) is 10.1. The Bertz CT molecular complexity index is 279. The quantitative estimate of drug-likeness (QED) is 0.699. The van der Waals surface area contributed by atoms with Gasteiger partial charge in [0.25, 0.3) is 0 Å². The zero-order valence-corrected chi connectivity index (χ0v) is 8.49. The fraction of sp³-hybridized carbons (Fsp3) is 0.400. The van der Waals surface area contributed by atoms with E-state index in [1.54, 1.807) is 0 Å². The van der Waals surface area contributed by atoms with Gasteiger partial charge in [-0.15, -0.1) is 0 Å². The summed E-state index contributed by atoms with van der Waals surface area (Å²) >= 11 is 5.10. The van der Waals surface area contributed by atoms with E-state index < -0.39 is 0 Å². The number of hydrogen-bond acceptors (Lipinski definition) is 2. The van der Waals surface area contributed by atoms with E-state index in [-0.39, 0.29) is 5.91 Å². The molecule has 0 saturated heterocycles. The van der Waals surface area contributed by atoms with Crippen LogP contribution >= 0.6 is 12.2 Å². The molecule has 0 saturated carbocycles. The van der Waals surface area contributed by atoms with Crippen molar-refractivity contribution in [3.63, 3.8) is 0 Å². The second-order valence-electron chi connectivity index (χ2n) is 2.93. The lowest BCUT2D eigenvalue weighted by Gasteiger charge is -2.11. The van der Waals surface area contributed by atoms with Gasteiger partial charge in [0.05, 0.1) is 5.70 Å². The molecule has 1 aliphatic rings. The van der Waals surface area contributed by atoms with Gasteiger partial charge in [-0.05, 0) is 12.5 Å². The third-order valence-corrected chi connectivity index (χ3v) is 2.14. The predicted octanol–water partition coefficient (Wildman–Crippen LogP) is 2.12. The summed E-state index contributed by atoms with van der Waals surface area (Å²) in [4.78, 5) is 12.0. The van der Waals surface area contributed by atoms with E-state index in [9.17, 15) is 4.79 Å². The van der Waals surface area contributed by atoms with Gasteiger partial charge in [0, 0.05) is 17.7 Å². The van der Waals surface area contributed by atoms with Gasteiger partial charge in [-0.3, -0.25) is 4.79 Å². The number of amides is 1. The summed E-state index contributed by atoms with van der Waals surface area (Å²) in [5.41, 5.74) is 0.788. The van der Waals surface area contributed by atoms with Gasteiger partial charge in [-0.1, -0.05) is 31.3 Å². The molecular formula is C10H13NOS. The minimum Gasteiger partial charge on any atom is -0.325 e.